The van der Waals surface area contributed by atoms with Gasteiger partial charge in [-0.1, -0.05) is 37.3 Å². The molecule has 0 aliphatic heterocycles. The van der Waals surface area contributed by atoms with E-state index in [0.29, 0.717) is 24.2 Å². The van der Waals surface area contributed by atoms with Crippen LogP contribution in [0.2, 0.25) is 0 Å². The Bertz CT molecular complexity index is 1140. The third-order valence-electron chi connectivity index (χ3n) is 5.22. The highest BCUT2D eigenvalue weighted by molar-refractivity contribution is 7.89. The maximum absolute atomic E-state index is 12.8. The summed E-state index contributed by atoms with van der Waals surface area (Å²) in [4.78, 5) is 13.0. The molecule has 1 aromatic heterocycles. The molecule has 0 aliphatic rings. The highest BCUT2D eigenvalue weighted by Gasteiger charge is 2.23. The predicted octanol–water partition coefficient (Wildman–Crippen LogP) is 3.78. The van der Waals surface area contributed by atoms with Gasteiger partial charge >= 0.3 is 0 Å². The van der Waals surface area contributed by atoms with E-state index in [-0.39, 0.29) is 16.8 Å². The van der Waals surface area contributed by atoms with Crippen molar-refractivity contribution in [2.75, 3.05) is 12.4 Å². The highest BCUT2D eigenvalue weighted by Crippen LogP contribution is 2.20. The normalized spacial score (nSPS) is 11.8. The van der Waals surface area contributed by atoms with Gasteiger partial charge in [0.15, 0.2) is 0 Å². The molecule has 0 atom stereocenters. The zero-order chi connectivity index (χ0) is 22.6. The Morgan fingerprint density at radius 1 is 1.10 bits per heavy atom. The first kappa shape index (κ1) is 22.7. The molecule has 164 valence electrons. The van der Waals surface area contributed by atoms with Gasteiger partial charge in [-0.25, -0.2) is 8.42 Å². The van der Waals surface area contributed by atoms with Crippen molar-refractivity contribution in [1.82, 2.24) is 14.1 Å². The Kier molecular flexibility index (Phi) is 6.92. The number of hydrogen-bond acceptors (Lipinski definition) is 4. The average Bonchev–Trinajstić information content (AvgIpc) is 3.16. The molecule has 0 radical (unpaired) electrons. The van der Waals surface area contributed by atoms with Crippen LogP contribution in [0.5, 0.6) is 0 Å². The summed E-state index contributed by atoms with van der Waals surface area (Å²) < 4.78 is 28.3. The van der Waals surface area contributed by atoms with Crippen LogP contribution in [0.15, 0.2) is 65.7 Å². The Hall–Kier alpha value is -2.97. The number of amides is 1. The van der Waals surface area contributed by atoms with Crippen LogP contribution in [0.3, 0.4) is 0 Å². The molecular formula is C23H28N4O3S. The van der Waals surface area contributed by atoms with Crippen LogP contribution in [0.1, 0.15) is 42.4 Å². The first-order chi connectivity index (χ1) is 14.7. The van der Waals surface area contributed by atoms with Crippen LogP contribution in [0.25, 0.3) is 0 Å². The van der Waals surface area contributed by atoms with Crippen LogP contribution < -0.4 is 5.32 Å². The number of anilines is 1. The molecular weight excluding hydrogens is 412 g/mol. The number of benzene rings is 2. The second-order valence-corrected chi connectivity index (χ2v) is 9.59. The quantitative estimate of drug-likeness (QED) is 0.578. The fourth-order valence-corrected chi connectivity index (χ4v) is 4.59. The van der Waals surface area contributed by atoms with Crippen molar-refractivity contribution in [1.29, 1.82) is 0 Å². The molecule has 3 aromatic rings. The van der Waals surface area contributed by atoms with E-state index in [1.54, 1.807) is 25.4 Å². The molecule has 2 aromatic carbocycles. The summed E-state index contributed by atoms with van der Waals surface area (Å²) in [5, 5.41) is 7.24. The second-order valence-electron chi connectivity index (χ2n) is 7.60. The molecule has 3 rings (SSSR count). The standard InChI is InChI=1S/C23H28N4O3S/c1-5-22-21(15-24-27(22)16-18-9-7-6-8-10-18)23(28)25-19-11-13-20(14-12-19)31(29,30)26(4)17(2)3/h6-15,17H,5,16H2,1-4H3,(H,25,28). The van der Waals surface area contributed by atoms with Crippen LogP contribution in [0, 0.1) is 0 Å². The monoisotopic (exact) mass is 440 g/mol. The minimum atomic E-state index is -3.57. The summed E-state index contributed by atoms with van der Waals surface area (Å²) >= 11 is 0. The molecule has 7 nitrogen and oxygen atoms in total. The number of nitrogens with one attached hydrogen (secondary N) is 1. The number of hydrogen-bond donors (Lipinski definition) is 1. The summed E-state index contributed by atoms with van der Waals surface area (Å²) in [6.45, 7) is 6.21. The molecule has 0 saturated heterocycles. The number of sulfonamides is 1. The molecule has 1 amide bonds. The molecule has 0 unspecified atom stereocenters. The van der Waals surface area contributed by atoms with Crippen molar-refractivity contribution in [2.45, 2.75) is 44.7 Å². The van der Waals surface area contributed by atoms with Gasteiger partial charge in [0, 0.05) is 18.8 Å². The Morgan fingerprint density at radius 3 is 2.32 bits per heavy atom. The maximum atomic E-state index is 12.8. The highest BCUT2D eigenvalue weighted by atomic mass is 32.2. The van der Waals surface area contributed by atoms with Crippen molar-refractivity contribution in [3.05, 3.63) is 77.6 Å². The molecule has 0 fully saturated rings. The minimum Gasteiger partial charge on any atom is -0.322 e. The van der Waals surface area contributed by atoms with Crippen molar-refractivity contribution >= 4 is 21.6 Å². The van der Waals surface area contributed by atoms with Crippen LogP contribution in [0.4, 0.5) is 5.69 Å². The van der Waals surface area contributed by atoms with E-state index in [1.165, 1.54) is 16.4 Å². The van der Waals surface area contributed by atoms with Crippen molar-refractivity contribution in [3.8, 4) is 0 Å². The first-order valence-corrected chi connectivity index (χ1v) is 11.7. The summed E-state index contributed by atoms with van der Waals surface area (Å²) in [6.07, 6.45) is 2.24. The smallest absolute Gasteiger partial charge is 0.259 e. The lowest BCUT2D eigenvalue weighted by molar-refractivity contribution is 0.102. The van der Waals surface area contributed by atoms with Gasteiger partial charge in [-0.3, -0.25) is 9.48 Å². The van der Waals surface area contributed by atoms with E-state index in [4.69, 9.17) is 0 Å². The molecule has 0 saturated carbocycles. The lowest BCUT2D eigenvalue weighted by Crippen LogP contribution is -2.33. The predicted molar refractivity (Wildman–Crippen MR) is 122 cm³/mol. The van der Waals surface area contributed by atoms with Crippen LogP contribution in [-0.2, 0) is 23.0 Å². The van der Waals surface area contributed by atoms with E-state index in [9.17, 15) is 13.2 Å². The molecule has 0 aliphatic carbocycles. The van der Waals surface area contributed by atoms with E-state index in [0.717, 1.165) is 11.3 Å². The third-order valence-corrected chi connectivity index (χ3v) is 7.27. The van der Waals surface area contributed by atoms with Gasteiger partial charge < -0.3 is 5.32 Å². The topological polar surface area (TPSA) is 84.3 Å². The zero-order valence-corrected chi connectivity index (χ0v) is 19.1. The molecule has 1 N–H and O–H groups in total. The lowest BCUT2D eigenvalue weighted by atomic mass is 10.1. The average molecular weight is 441 g/mol. The summed E-state index contributed by atoms with van der Waals surface area (Å²) in [5.41, 5.74) is 2.98. The second kappa shape index (κ2) is 9.45. The molecule has 0 spiro atoms. The summed E-state index contributed by atoms with van der Waals surface area (Å²) in [7, 11) is -2.01. The van der Waals surface area contributed by atoms with Gasteiger partial charge in [-0.15, -0.1) is 0 Å². The van der Waals surface area contributed by atoms with E-state index >= 15 is 0 Å². The number of nitrogens with zero attached hydrogens (tertiary/aromatic N) is 3. The summed E-state index contributed by atoms with van der Waals surface area (Å²) in [5.74, 6) is -0.272. The molecule has 0 bridgehead atoms. The van der Waals surface area contributed by atoms with E-state index < -0.39 is 10.0 Å². The van der Waals surface area contributed by atoms with Crippen molar-refractivity contribution < 1.29 is 13.2 Å². The summed E-state index contributed by atoms with van der Waals surface area (Å²) in [6, 6.07) is 16.0. The SMILES string of the molecule is CCc1c(C(=O)Nc2ccc(S(=O)(=O)N(C)C(C)C)cc2)cnn1Cc1ccccc1. The fraction of sp³-hybridized carbons (Fsp3) is 0.304. The van der Waals surface area contributed by atoms with Crippen molar-refractivity contribution in [2.24, 2.45) is 0 Å². The minimum absolute atomic E-state index is 0.149. The number of rotatable bonds is 8. The van der Waals surface area contributed by atoms with E-state index in [1.807, 2.05) is 55.8 Å². The van der Waals surface area contributed by atoms with Gasteiger partial charge in [-0.05, 0) is 50.1 Å². The van der Waals surface area contributed by atoms with Crippen LogP contribution in [-0.4, -0.2) is 41.5 Å². The largest absolute Gasteiger partial charge is 0.322 e. The van der Waals surface area contributed by atoms with Gasteiger partial charge in [0.2, 0.25) is 10.0 Å². The third kappa shape index (κ3) is 5.03. The molecule has 1 heterocycles. The number of carbonyl (C=O) groups is 1. The lowest BCUT2D eigenvalue weighted by Gasteiger charge is -2.21. The number of aromatic nitrogens is 2. The van der Waals surface area contributed by atoms with E-state index in [2.05, 4.69) is 10.4 Å². The first-order valence-electron chi connectivity index (χ1n) is 10.2. The maximum Gasteiger partial charge on any atom is 0.259 e. The molecule has 8 heteroatoms. The zero-order valence-electron chi connectivity index (χ0n) is 18.2. The number of carbonyl (C=O) groups excluding carboxylic acids is 1. The Morgan fingerprint density at radius 2 is 1.74 bits per heavy atom. The fourth-order valence-electron chi connectivity index (χ4n) is 3.22. The van der Waals surface area contributed by atoms with Gasteiger partial charge in [0.25, 0.3) is 5.91 Å². The van der Waals surface area contributed by atoms with Gasteiger partial charge in [-0.2, -0.15) is 9.40 Å². The van der Waals surface area contributed by atoms with Gasteiger partial charge in [0.1, 0.15) is 0 Å². The van der Waals surface area contributed by atoms with Crippen LogP contribution >= 0.6 is 0 Å². The molecule has 31 heavy (non-hydrogen) atoms. The van der Waals surface area contributed by atoms with Crippen molar-refractivity contribution in [3.63, 3.8) is 0 Å². The van der Waals surface area contributed by atoms with Gasteiger partial charge in [0.05, 0.1) is 28.9 Å². The Balaban J connectivity index is 1.76. The Labute approximate surface area is 183 Å².